The van der Waals surface area contributed by atoms with E-state index in [4.69, 9.17) is 9.69 Å². The van der Waals surface area contributed by atoms with Crippen LogP contribution < -0.4 is 0 Å². The van der Waals surface area contributed by atoms with Crippen molar-refractivity contribution in [3.05, 3.63) is 17.9 Å². The van der Waals surface area contributed by atoms with Gasteiger partial charge in [0.1, 0.15) is 0 Å². The average Bonchev–Trinajstić information content (AvgIpc) is 2.57. The summed E-state index contributed by atoms with van der Waals surface area (Å²) >= 11 is 0. The second kappa shape index (κ2) is 14.3. The fourth-order valence-corrected chi connectivity index (χ4v) is 9.72. The number of hydrogen-bond acceptors (Lipinski definition) is 2. The predicted molar refractivity (Wildman–Crippen MR) is 117 cm³/mol. The minimum absolute atomic E-state index is 0.161. The fourth-order valence-electron chi connectivity index (χ4n) is 4.19. The minimum Gasteiger partial charge on any atom is -0.409 e. The van der Waals surface area contributed by atoms with Crippen molar-refractivity contribution in [3.63, 3.8) is 0 Å². The lowest BCUT2D eigenvalue weighted by atomic mass is 10.1. The van der Waals surface area contributed by atoms with Gasteiger partial charge in [-0.3, -0.25) is 0 Å². The van der Waals surface area contributed by atoms with Crippen LogP contribution in [0.5, 0.6) is 0 Å². The summed E-state index contributed by atoms with van der Waals surface area (Å²) in [6.45, 7) is 16.3. The van der Waals surface area contributed by atoms with E-state index in [0.717, 1.165) is 12.8 Å². The molecule has 0 saturated carbocycles. The molecule has 0 N–H and O–H groups in total. The summed E-state index contributed by atoms with van der Waals surface area (Å²) < 4.78 is 6.97. The summed E-state index contributed by atoms with van der Waals surface area (Å²) in [7, 11) is -1.88. The Morgan fingerprint density at radius 1 is 0.923 bits per heavy atom. The maximum atomic E-state index is 8.67. The molecule has 0 aromatic rings. The van der Waals surface area contributed by atoms with E-state index in [1.54, 1.807) is 0 Å². The Labute approximate surface area is 164 Å². The SMILES string of the molecule is CCCCCCC[C@@H](C=C=CCCC#N)O[Si](C(C)C)(C(C)C)C(C)C. The molecule has 0 aliphatic rings. The molecule has 0 aromatic carbocycles. The quantitative estimate of drug-likeness (QED) is 0.175. The third-order valence-electron chi connectivity index (χ3n) is 5.46. The third kappa shape index (κ3) is 8.72. The van der Waals surface area contributed by atoms with Crippen molar-refractivity contribution >= 4 is 8.32 Å². The molecule has 2 nitrogen and oxygen atoms in total. The van der Waals surface area contributed by atoms with E-state index >= 15 is 0 Å². The summed E-state index contributed by atoms with van der Waals surface area (Å²) in [5, 5.41) is 8.67. The van der Waals surface area contributed by atoms with E-state index in [2.05, 4.69) is 66.3 Å². The zero-order valence-electron chi connectivity index (χ0n) is 18.5. The summed E-state index contributed by atoms with van der Waals surface area (Å²) in [6.07, 6.45) is 13.2. The number of unbranched alkanes of at least 4 members (excludes halogenated alkanes) is 5. The Hall–Kier alpha value is -0.813. The van der Waals surface area contributed by atoms with Gasteiger partial charge in [0.15, 0.2) is 0 Å². The first-order chi connectivity index (χ1) is 12.3. The first-order valence-electron chi connectivity index (χ1n) is 10.8. The fraction of sp³-hybridized carbons (Fsp3) is 0.826. The normalized spacial score (nSPS) is 13.0. The van der Waals surface area contributed by atoms with Crippen LogP contribution in [0.4, 0.5) is 0 Å². The molecule has 0 rings (SSSR count). The minimum atomic E-state index is -1.88. The van der Waals surface area contributed by atoms with Gasteiger partial charge in [-0.2, -0.15) is 5.26 Å². The van der Waals surface area contributed by atoms with Crippen molar-refractivity contribution in [2.45, 2.75) is 123 Å². The summed E-state index contributed by atoms with van der Waals surface area (Å²) in [5.41, 5.74) is 5.10. The van der Waals surface area contributed by atoms with E-state index in [1.807, 2.05) is 6.08 Å². The van der Waals surface area contributed by atoms with Crippen molar-refractivity contribution in [2.75, 3.05) is 0 Å². The largest absolute Gasteiger partial charge is 0.409 e. The lowest BCUT2D eigenvalue weighted by Crippen LogP contribution is -2.49. The molecule has 0 heterocycles. The van der Waals surface area contributed by atoms with E-state index in [0.29, 0.717) is 23.0 Å². The summed E-state index contributed by atoms with van der Waals surface area (Å²) in [5.74, 6) is 0. The van der Waals surface area contributed by atoms with Crippen LogP contribution in [-0.4, -0.2) is 14.4 Å². The van der Waals surface area contributed by atoms with Gasteiger partial charge in [-0.15, -0.1) is 5.73 Å². The number of rotatable bonds is 14. The number of nitriles is 1. The highest BCUT2D eigenvalue weighted by atomic mass is 28.4. The highest BCUT2D eigenvalue weighted by Gasteiger charge is 2.46. The standard InChI is InChI=1S/C23H43NOSi/c1-8-9-10-11-14-17-23(18-15-12-13-16-19-24)25-26(20(2)3,21(4)5)22(6)7/h12,18,20-23H,8-11,13-14,16-17H2,1-7H3/t15?,23-/m0/s1. The Bertz CT molecular complexity index is 434. The molecule has 0 saturated heterocycles. The van der Waals surface area contributed by atoms with Gasteiger partial charge in [0.05, 0.1) is 12.2 Å². The summed E-state index contributed by atoms with van der Waals surface area (Å²) in [6, 6.07) is 2.18. The van der Waals surface area contributed by atoms with Crippen LogP contribution in [0.3, 0.4) is 0 Å². The van der Waals surface area contributed by atoms with Crippen LogP contribution in [0.2, 0.25) is 16.6 Å². The molecule has 0 fully saturated rings. The highest BCUT2D eigenvalue weighted by molar-refractivity contribution is 6.77. The van der Waals surface area contributed by atoms with Crippen LogP contribution in [0.15, 0.2) is 17.9 Å². The zero-order valence-corrected chi connectivity index (χ0v) is 19.5. The summed E-state index contributed by atoms with van der Waals surface area (Å²) in [4.78, 5) is 0. The molecule has 150 valence electrons. The second-order valence-corrected chi connectivity index (χ2v) is 13.8. The predicted octanol–water partition coefficient (Wildman–Crippen LogP) is 7.92. The van der Waals surface area contributed by atoms with Crippen molar-refractivity contribution in [3.8, 4) is 6.07 Å². The zero-order chi connectivity index (χ0) is 20.0. The highest BCUT2D eigenvalue weighted by Crippen LogP contribution is 2.43. The third-order valence-corrected chi connectivity index (χ3v) is 11.6. The number of hydrogen-bond donors (Lipinski definition) is 0. The Balaban J connectivity index is 5.21. The molecule has 1 atom stereocenters. The monoisotopic (exact) mass is 377 g/mol. The van der Waals surface area contributed by atoms with Crippen molar-refractivity contribution in [1.29, 1.82) is 5.26 Å². The number of nitrogens with zero attached hydrogens (tertiary/aromatic N) is 1. The van der Waals surface area contributed by atoms with E-state index in [1.165, 1.54) is 32.1 Å². The van der Waals surface area contributed by atoms with E-state index < -0.39 is 8.32 Å². The molecule has 0 aliphatic carbocycles. The molecule has 0 aliphatic heterocycles. The van der Waals surface area contributed by atoms with Crippen LogP contribution in [0.1, 0.15) is 99.8 Å². The Morgan fingerprint density at radius 2 is 1.50 bits per heavy atom. The van der Waals surface area contributed by atoms with Gasteiger partial charge in [0.25, 0.3) is 0 Å². The van der Waals surface area contributed by atoms with E-state index in [9.17, 15) is 0 Å². The van der Waals surface area contributed by atoms with Crippen LogP contribution in [0.25, 0.3) is 0 Å². The first kappa shape index (κ1) is 25.2. The van der Waals surface area contributed by atoms with Crippen molar-refractivity contribution in [2.24, 2.45) is 0 Å². The van der Waals surface area contributed by atoms with Gasteiger partial charge in [-0.05, 0) is 41.6 Å². The molecule has 0 spiro atoms. The van der Waals surface area contributed by atoms with Gasteiger partial charge in [-0.1, -0.05) is 80.6 Å². The van der Waals surface area contributed by atoms with Crippen molar-refractivity contribution < 1.29 is 4.43 Å². The van der Waals surface area contributed by atoms with Gasteiger partial charge in [0, 0.05) is 6.42 Å². The Kier molecular flexibility index (Phi) is 13.8. The van der Waals surface area contributed by atoms with Gasteiger partial charge < -0.3 is 4.43 Å². The first-order valence-corrected chi connectivity index (χ1v) is 12.9. The maximum absolute atomic E-state index is 8.67. The molecular formula is C23H43NOSi. The van der Waals surface area contributed by atoms with Crippen LogP contribution in [0, 0.1) is 11.3 Å². The van der Waals surface area contributed by atoms with Gasteiger partial charge in [-0.25, -0.2) is 0 Å². The molecule has 0 bridgehead atoms. The Morgan fingerprint density at radius 3 is 2.00 bits per heavy atom. The lowest BCUT2D eigenvalue weighted by molar-refractivity contribution is 0.203. The molecule has 0 radical (unpaired) electrons. The smallest absolute Gasteiger partial charge is 0.201 e. The van der Waals surface area contributed by atoms with Gasteiger partial charge in [0.2, 0.25) is 8.32 Å². The second-order valence-electron chi connectivity index (χ2n) is 8.41. The molecule has 3 heteroatoms. The van der Waals surface area contributed by atoms with Gasteiger partial charge >= 0.3 is 0 Å². The van der Waals surface area contributed by atoms with Crippen molar-refractivity contribution in [1.82, 2.24) is 0 Å². The molecule has 0 amide bonds. The lowest BCUT2D eigenvalue weighted by Gasteiger charge is -2.44. The van der Waals surface area contributed by atoms with E-state index in [-0.39, 0.29) is 6.10 Å². The molecule has 0 unspecified atom stereocenters. The molecule has 26 heavy (non-hydrogen) atoms. The maximum Gasteiger partial charge on any atom is 0.201 e. The molecular weight excluding hydrogens is 334 g/mol. The average molecular weight is 378 g/mol. The molecule has 0 aromatic heterocycles. The van der Waals surface area contributed by atoms with Crippen LogP contribution in [-0.2, 0) is 4.43 Å². The van der Waals surface area contributed by atoms with Crippen LogP contribution >= 0.6 is 0 Å². The topological polar surface area (TPSA) is 33.0 Å².